The minimum Gasteiger partial charge on any atom is -0.388 e. The summed E-state index contributed by atoms with van der Waals surface area (Å²) in [5, 5.41) is 13.7. The van der Waals surface area contributed by atoms with E-state index in [1.807, 2.05) is 0 Å². The van der Waals surface area contributed by atoms with Crippen molar-refractivity contribution in [2.45, 2.75) is 44.1 Å². The number of hydrogen-bond donors (Lipinski definition) is 2. The lowest BCUT2D eigenvalue weighted by atomic mass is 9.94. The van der Waals surface area contributed by atoms with E-state index in [0.29, 0.717) is 6.54 Å². The van der Waals surface area contributed by atoms with Crippen molar-refractivity contribution >= 4 is 17.3 Å². The average molecular weight is 272 g/mol. The van der Waals surface area contributed by atoms with Gasteiger partial charge < -0.3 is 10.4 Å². The second kappa shape index (κ2) is 5.89. The number of nitrogens with one attached hydrogen (secondary N) is 1. The molecule has 0 aromatic heterocycles. The molecule has 2 rings (SSSR count). The van der Waals surface area contributed by atoms with Gasteiger partial charge in [0.1, 0.15) is 5.82 Å². The third-order valence-electron chi connectivity index (χ3n) is 3.58. The van der Waals surface area contributed by atoms with Crippen molar-refractivity contribution in [2.24, 2.45) is 0 Å². The van der Waals surface area contributed by atoms with Gasteiger partial charge in [0.15, 0.2) is 0 Å². The first-order valence-corrected chi connectivity index (χ1v) is 6.88. The summed E-state index contributed by atoms with van der Waals surface area (Å²) in [5.41, 5.74) is 0.108. The van der Waals surface area contributed by atoms with Crippen molar-refractivity contribution < 1.29 is 9.50 Å². The SMILES string of the molecule is OC1(CNc2ccc(F)c(Cl)c2)CCCCCC1. The molecule has 4 heteroatoms. The fourth-order valence-corrected chi connectivity index (χ4v) is 2.62. The van der Waals surface area contributed by atoms with E-state index in [1.165, 1.54) is 18.9 Å². The van der Waals surface area contributed by atoms with Crippen LogP contribution in [0.15, 0.2) is 18.2 Å². The second-order valence-corrected chi connectivity index (χ2v) is 5.53. The summed E-state index contributed by atoms with van der Waals surface area (Å²) in [6, 6.07) is 4.53. The molecule has 0 atom stereocenters. The van der Waals surface area contributed by atoms with Crippen LogP contribution in [-0.2, 0) is 0 Å². The standard InChI is InChI=1S/C14H19ClFNO/c15-12-9-11(5-6-13(12)16)17-10-14(18)7-3-1-2-4-8-14/h5-6,9,17-18H,1-4,7-8,10H2. The minimum atomic E-state index is -0.642. The van der Waals surface area contributed by atoms with Crippen LogP contribution >= 0.6 is 11.6 Å². The quantitative estimate of drug-likeness (QED) is 0.815. The van der Waals surface area contributed by atoms with Gasteiger partial charge in [-0.2, -0.15) is 0 Å². The molecule has 0 saturated heterocycles. The molecule has 1 aliphatic rings. The van der Waals surface area contributed by atoms with Gasteiger partial charge in [-0.15, -0.1) is 0 Å². The molecule has 18 heavy (non-hydrogen) atoms. The van der Waals surface area contributed by atoms with Crippen molar-refractivity contribution in [1.29, 1.82) is 0 Å². The van der Waals surface area contributed by atoms with Crippen molar-refractivity contribution in [2.75, 3.05) is 11.9 Å². The Kier molecular flexibility index (Phi) is 4.46. The van der Waals surface area contributed by atoms with E-state index in [1.54, 1.807) is 12.1 Å². The predicted molar refractivity (Wildman–Crippen MR) is 72.6 cm³/mol. The first kappa shape index (κ1) is 13.6. The van der Waals surface area contributed by atoms with Gasteiger partial charge in [-0.25, -0.2) is 4.39 Å². The number of anilines is 1. The highest BCUT2D eigenvalue weighted by molar-refractivity contribution is 6.31. The Morgan fingerprint density at radius 1 is 1.22 bits per heavy atom. The molecule has 2 N–H and O–H groups in total. The van der Waals surface area contributed by atoms with E-state index >= 15 is 0 Å². The molecular weight excluding hydrogens is 253 g/mol. The normalized spacial score (nSPS) is 19.3. The molecule has 2 nitrogen and oxygen atoms in total. The first-order valence-electron chi connectivity index (χ1n) is 6.50. The Bertz CT molecular complexity index is 403. The lowest BCUT2D eigenvalue weighted by Gasteiger charge is -2.27. The summed E-state index contributed by atoms with van der Waals surface area (Å²) >= 11 is 5.72. The van der Waals surface area contributed by atoms with E-state index in [0.717, 1.165) is 31.4 Å². The highest BCUT2D eigenvalue weighted by atomic mass is 35.5. The van der Waals surface area contributed by atoms with Crippen molar-refractivity contribution in [3.63, 3.8) is 0 Å². The maximum Gasteiger partial charge on any atom is 0.141 e. The molecule has 0 bridgehead atoms. The summed E-state index contributed by atoms with van der Waals surface area (Å²) in [6.45, 7) is 0.495. The molecule has 1 aliphatic carbocycles. The van der Waals surface area contributed by atoms with Crippen LogP contribution in [-0.4, -0.2) is 17.3 Å². The zero-order chi connectivity index (χ0) is 13.0. The second-order valence-electron chi connectivity index (χ2n) is 5.12. The highest BCUT2D eigenvalue weighted by Crippen LogP contribution is 2.28. The molecule has 1 fully saturated rings. The number of rotatable bonds is 3. The van der Waals surface area contributed by atoms with Crippen LogP contribution < -0.4 is 5.32 Å². The zero-order valence-corrected chi connectivity index (χ0v) is 11.1. The molecule has 0 amide bonds. The largest absolute Gasteiger partial charge is 0.388 e. The molecule has 0 spiro atoms. The van der Waals surface area contributed by atoms with E-state index in [2.05, 4.69) is 5.32 Å². The smallest absolute Gasteiger partial charge is 0.141 e. The maximum atomic E-state index is 13.0. The third-order valence-corrected chi connectivity index (χ3v) is 3.87. The number of halogens is 2. The number of benzene rings is 1. The van der Waals surface area contributed by atoms with Crippen LogP contribution in [0.3, 0.4) is 0 Å². The van der Waals surface area contributed by atoms with Crippen LogP contribution in [0.25, 0.3) is 0 Å². The Balaban J connectivity index is 1.95. The zero-order valence-electron chi connectivity index (χ0n) is 10.4. The topological polar surface area (TPSA) is 32.3 Å². The summed E-state index contributed by atoms with van der Waals surface area (Å²) in [5.74, 6) is -0.421. The van der Waals surface area contributed by atoms with Gasteiger partial charge >= 0.3 is 0 Å². The summed E-state index contributed by atoms with van der Waals surface area (Å²) in [6.07, 6.45) is 6.20. The van der Waals surface area contributed by atoms with E-state index in [4.69, 9.17) is 11.6 Å². The van der Waals surface area contributed by atoms with Crippen LogP contribution in [0.2, 0.25) is 5.02 Å². The van der Waals surface area contributed by atoms with Crippen LogP contribution in [0.4, 0.5) is 10.1 Å². The Morgan fingerprint density at radius 2 is 1.89 bits per heavy atom. The van der Waals surface area contributed by atoms with E-state index in [-0.39, 0.29) is 5.02 Å². The average Bonchev–Trinajstić information content (AvgIpc) is 2.56. The van der Waals surface area contributed by atoms with E-state index < -0.39 is 11.4 Å². The lowest BCUT2D eigenvalue weighted by Crippen LogP contribution is -2.36. The van der Waals surface area contributed by atoms with Gasteiger partial charge in [0.2, 0.25) is 0 Å². The fraction of sp³-hybridized carbons (Fsp3) is 0.571. The Hall–Kier alpha value is -0.800. The lowest BCUT2D eigenvalue weighted by molar-refractivity contribution is 0.0381. The summed E-state index contributed by atoms with van der Waals surface area (Å²) in [7, 11) is 0. The van der Waals surface area contributed by atoms with Crippen molar-refractivity contribution in [3.05, 3.63) is 29.0 Å². The van der Waals surface area contributed by atoms with Gasteiger partial charge in [-0.3, -0.25) is 0 Å². The first-order chi connectivity index (χ1) is 8.59. The van der Waals surface area contributed by atoms with E-state index in [9.17, 15) is 9.50 Å². The van der Waals surface area contributed by atoms with Crippen molar-refractivity contribution in [3.8, 4) is 0 Å². The van der Waals surface area contributed by atoms with Gasteiger partial charge in [-0.05, 0) is 31.0 Å². The van der Waals surface area contributed by atoms with Crippen LogP contribution in [0, 0.1) is 5.82 Å². The third kappa shape index (κ3) is 3.59. The van der Waals surface area contributed by atoms with Gasteiger partial charge in [0, 0.05) is 12.2 Å². The minimum absolute atomic E-state index is 0.104. The maximum absolute atomic E-state index is 13.0. The van der Waals surface area contributed by atoms with Crippen LogP contribution in [0.5, 0.6) is 0 Å². The van der Waals surface area contributed by atoms with Crippen molar-refractivity contribution in [1.82, 2.24) is 0 Å². The van der Waals surface area contributed by atoms with Crippen LogP contribution in [0.1, 0.15) is 38.5 Å². The molecule has 0 unspecified atom stereocenters. The van der Waals surface area contributed by atoms with Gasteiger partial charge in [0.05, 0.1) is 10.6 Å². The number of hydrogen-bond acceptors (Lipinski definition) is 2. The highest BCUT2D eigenvalue weighted by Gasteiger charge is 2.27. The molecule has 1 saturated carbocycles. The molecular formula is C14H19ClFNO. The summed E-state index contributed by atoms with van der Waals surface area (Å²) < 4.78 is 13.0. The molecule has 0 heterocycles. The monoisotopic (exact) mass is 271 g/mol. The number of aliphatic hydroxyl groups is 1. The molecule has 100 valence electrons. The molecule has 1 aromatic carbocycles. The molecule has 0 radical (unpaired) electrons. The molecule has 0 aliphatic heterocycles. The Morgan fingerprint density at radius 3 is 2.50 bits per heavy atom. The van der Waals surface area contributed by atoms with Gasteiger partial charge in [-0.1, -0.05) is 37.3 Å². The predicted octanol–water partition coefficient (Wildman–Crippen LogP) is 3.98. The molecule has 1 aromatic rings. The fourth-order valence-electron chi connectivity index (χ4n) is 2.44. The van der Waals surface area contributed by atoms with Gasteiger partial charge in [0.25, 0.3) is 0 Å². The summed E-state index contributed by atoms with van der Waals surface area (Å²) in [4.78, 5) is 0. The Labute approximate surface area is 112 Å².